The van der Waals surface area contributed by atoms with Crippen molar-refractivity contribution in [1.82, 2.24) is 0 Å². The molecule has 8 heteroatoms. The molecule has 51 heavy (non-hydrogen) atoms. The van der Waals surface area contributed by atoms with E-state index in [4.69, 9.17) is 12.5 Å². The van der Waals surface area contributed by atoms with Crippen molar-refractivity contribution in [3.05, 3.63) is 11.3 Å². The summed E-state index contributed by atoms with van der Waals surface area (Å²) in [7, 11) is 0.324. The van der Waals surface area contributed by atoms with E-state index >= 15 is 0 Å². The second-order valence-corrected chi connectivity index (χ2v) is 49.5. The van der Waals surface area contributed by atoms with Crippen LogP contribution < -0.4 is 0 Å². The molecule has 0 fully saturated rings. The van der Waals surface area contributed by atoms with Gasteiger partial charge in [-0.3, -0.25) is 4.79 Å². The molecule has 0 radical (unpaired) electrons. The van der Waals surface area contributed by atoms with Gasteiger partial charge >= 0.3 is 275 Å². The van der Waals surface area contributed by atoms with Crippen molar-refractivity contribution in [3.63, 3.8) is 0 Å². The minimum atomic E-state index is -2.54. The van der Waals surface area contributed by atoms with Crippen LogP contribution in [0.5, 0.6) is 0 Å². The molecule has 0 spiro atoms. The van der Waals surface area contributed by atoms with Gasteiger partial charge in [-0.2, -0.15) is 0 Å². The van der Waals surface area contributed by atoms with Crippen LogP contribution in [0.4, 0.5) is 0 Å². The molecule has 1 aliphatic carbocycles. The average molecular weight is 953 g/mol. The van der Waals surface area contributed by atoms with Crippen LogP contribution in [0, 0.1) is 0 Å². The Bertz CT molecular complexity index is 884. The molecule has 0 amide bonds. The van der Waals surface area contributed by atoms with Crippen LogP contribution in [0.15, 0.2) is 11.3 Å². The third-order valence-corrected chi connectivity index (χ3v) is 44.5. The summed E-state index contributed by atoms with van der Waals surface area (Å²) >= 11 is -4.94. The van der Waals surface area contributed by atoms with E-state index in [1.165, 1.54) is 135 Å². The molecule has 0 bridgehead atoms. The van der Waals surface area contributed by atoms with Crippen molar-refractivity contribution in [1.29, 1.82) is 0 Å². The number of methoxy groups -OCH3 is 1. The second-order valence-electron chi connectivity index (χ2n) is 17.3. The van der Waals surface area contributed by atoms with Crippen LogP contribution in [0.2, 0.25) is 55.7 Å². The number of hydrogen-bond donors (Lipinski definition) is 0. The Kier molecular flexibility index (Phi) is 31.9. The van der Waals surface area contributed by atoms with E-state index in [1.807, 2.05) is 6.92 Å². The zero-order chi connectivity index (χ0) is 39.4. The summed E-state index contributed by atoms with van der Waals surface area (Å²) in [6.07, 6.45) is 21.1. The summed E-state index contributed by atoms with van der Waals surface area (Å²) in [5.41, 5.74) is 1.58. The van der Waals surface area contributed by atoms with Crippen LogP contribution in [0.1, 0.15) is 172 Å². The predicted octanol–water partition coefficient (Wildman–Crippen LogP) is 14.9. The molecule has 0 aromatic rings. The van der Waals surface area contributed by atoms with Gasteiger partial charge in [-0.25, -0.2) is 0 Å². The maximum absolute atomic E-state index is 12.4. The van der Waals surface area contributed by atoms with Gasteiger partial charge in [-0.1, -0.05) is 19.6 Å². The quantitative estimate of drug-likeness (QED) is 0.0674. The standard InChI is InChI=1S/C7H16O2Si.C7H12O.C5H9O2.6C4H9.2Sn/c1-5-9-7(8)6-10(2,3)4;1-6-4-2-3-5-7(6)8;1-4(2)5(6)7-3;6*1-3-4-2;;/h5-6H2,1-4H3;8H,2-5H2,1H3;1-3H3;6*1,3-4H2,2H3;;/q;;;;;;;;;;+1/p-1. The second kappa shape index (κ2) is 30.5. The number of carbonyl (C=O) groups is 2. The number of rotatable bonds is 25. The van der Waals surface area contributed by atoms with Crippen molar-refractivity contribution in [3.8, 4) is 0 Å². The Morgan fingerprint density at radius 3 is 1.39 bits per heavy atom. The number of unbranched alkanes of at least 4 members (excludes halogenated alkanes) is 6. The molecule has 0 atom stereocenters. The first-order valence-electron chi connectivity index (χ1n) is 21.7. The summed E-state index contributed by atoms with van der Waals surface area (Å²) in [5, 5.41) is 0. The largest absolute Gasteiger partial charge is 0.466 e. The Morgan fingerprint density at radius 2 is 1.06 bits per heavy atom. The van der Waals surface area contributed by atoms with E-state index < -0.39 is 45.2 Å². The fraction of sp³-hybridized carbons (Fsp3) is 0.907. The molecule has 0 saturated carbocycles. The van der Waals surface area contributed by atoms with E-state index in [9.17, 15) is 9.59 Å². The predicted molar refractivity (Wildman–Crippen MR) is 233 cm³/mol. The van der Waals surface area contributed by atoms with Crippen LogP contribution >= 0.6 is 0 Å². The summed E-state index contributed by atoms with van der Waals surface area (Å²) in [5.74, 6) is 1.46. The van der Waals surface area contributed by atoms with E-state index in [0.29, 0.717) is 12.7 Å². The monoisotopic (exact) mass is 954 g/mol. The first-order chi connectivity index (χ1) is 24.0. The van der Waals surface area contributed by atoms with Gasteiger partial charge in [0.25, 0.3) is 0 Å². The van der Waals surface area contributed by atoms with Crippen molar-refractivity contribution >= 4 is 57.2 Å². The first-order valence-corrected chi connectivity index (χ1v) is 40.1. The van der Waals surface area contributed by atoms with E-state index in [2.05, 4.69) is 82.0 Å². The van der Waals surface area contributed by atoms with Gasteiger partial charge in [0.1, 0.15) is 0 Å². The van der Waals surface area contributed by atoms with Gasteiger partial charge in [-0.05, 0) is 6.92 Å². The Labute approximate surface area is 329 Å². The molecule has 0 unspecified atom stereocenters. The van der Waals surface area contributed by atoms with Gasteiger partial charge in [-0.15, -0.1) is 0 Å². The topological polar surface area (TPSA) is 61.8 Å². The third-order valence-electron chi connectivity index (χ3n) is 11.0. The van der Waals surface area contributed by atoms with Crippen molar-refractivity contribution in [2.24, 2.45) is 0 Å². The summed E-state index contributed by atoms with van der Waals surface area (Å²) in [4.78, 5) is 23.3. The van der Waals surface area contributed by atoms with Gasteiger partial charge in [0.2, 0.25) is 0 Å². The molecule has 5 nitrogen and oxygen atoms in total. The molecular weight excluding hydrogens is 862 g/mol. The van der Waals surface area contributed by atoms with Crippen LogP contribution in [-0.4, -0.2) is 70.9 Å². The fourth-order valence-corrected chi connectivity index (χ4v) is 40.1. The zero-order valence-corrected chi connectivity index (χ0v) is 43.7. The van der Waals surface area contributed by atoms with E-state index in [1.54, 1.807) is 12.7 Å². The Balaban J connectivity index is 0. The summed E-state index contributed by atoms with van der Waals surface area (Å²) in [6.45, 7) is 29.3. The molecule has 1 aliphatic rings. The van der Waals surface area contributed by atoms with Crippen molar-refractivity contribution in [2.45, 2.75) is 228 Å². The molecule has 0 aromatic heterocycles. The minimum Gasteiger partial charge on any atom is -0.466 e. The summed E-state index contributed by atoms with van der Waals surface area (Å²) in [6, 6.07) is 0.640. The SMILES string of the molecule is CCC[CH2][Sn]([CH2]CCC)([CH2]CCC)[C](C)(C)C(=O)OC.CCC[CH2][Sn]([CH2]CCC)([CH2]CCC)[O]C1=C(C)CCCC1.CCOC(=O)C[Si](C)(C)C. The number of carbonyl (C=O) groups excluding carboxylic acids is 2. The Hall–Kier alpha value is 0.294. The normalized spacial score (nSPS) is 13.8. The van der Waals surface area contributed by atoms with Gasteiger partial charge in [0.15, 0.2) is 0 Å². The van der Waals surface area contributed by atoms with Crippen LogP contribution in [-0.2, 0) is 22.1 Å². The molecule has 0 aliphatic heterocycles. The molecular formula is C43H90O5SiSn2. The number of hydrogen-bond acceptors (Lipinski definition) is 5. The Morgan fingerprint density at radius 1 is 0.667 bits per heavy atom. The molecule has 0 heterocycles. The number of allylic oxidation sites excluding steroid dienone is 2. The van der Waals surface area contributed by atoms with Crippen LogP contribution in [0.25, 0.3) is 0 Å². The minimum absolute atomic E-state index is 0.0401. The maximum atomic E-state index is 12.4. The zero-order valence-electron chi connectivity index (χ0n) is 37.0. The molecule has 304 valence electrons. The van der Waals surface area contributed by atoms with E-state index in [0.717, 1.165) is 0 Å². The molecule has 0 saturated heterocycles. The molecule has 0 aromatic carbocycles. The number of ether oxygens (including phenoxy) is 2. The van der Waals surface area contributed by atoms with Gasteiger partial charge < -0.3 is 4.74 Å². The van der Waals surface area contributed by atoms with Crippen LogP contribution in [0.3, 0.4) is 0 Å². The van der Waals surface area contributed by atoms with Crippen molar-refractivity contribution < 1.29 is 22.1 Å². The van der Waals surface area contributed by atoms with E-state index in [-0.39, 0.29) is 15.4 Å². The molecule has 0 N–H and O–H groups in total. The van der Waals surface area contributed by atoms with Gasteiger partial charge in [0, 0.05) is 6.04 Å². The first kappa shape index (κ1) is 53.4. The smallest absolute Gasteiger partial charge is 0.303 e. The van der Waals surface area contributed by atoms with Gasteiger partial charge in [0.05, 0.1) is 14.7 Å². The maximum Gasteiger partial charge on any atom is 0.303 e. The fourth-order valence-electron chi connectivity index (χ4n) is 7.43. The summed E-state index contributed by atoms with van der Waals surface area (Å²) < 4.78 is 25.2. The third kappa shape index (κ3) is 23.1. The average Bonchev–Trinajstić information content (AvgIpc) is 3.09. The molecule has 1 rings (SSSR count). The van der Waals surface area contributed by atoms with Crippen molar-refractivity contribution in [2.75, 3.05) is 13.7 Å². The number of esters is 2.